The fourth-order valence-electron chi connectivity index (χ4n) is 1.43. The highest BCUT2D eigenvalue weighted by molar-refractivity contribution is 7.84. The van der Waals surface area contributed by atoms with Gasteiger partial charge in [0.15, 0.2) is 11.5 Å². The van der Waals surface area contributed by atoms with Crippen molar-refractivity contribution in [3.05, 3.63) is 29.3 Å². The minimum Gasteiger partial charge on any atom is -0.464 e. The molecule has 20 heavy (non-hydrogen) atoms. The summed E-state index contributed by atoms with van der Waals surface area (Å²) >= 11 is 0. The summed E-state index contributed by atoms with van der Waals surface area (Å²) in [5.41, 5.74) is -0.154. The Balaban J connectivity index is 3.03. The molecule has 0 amide bonds. The molecular weight excluding hydrogens is 283 g/mol. The number of rotatable bonds is 4. The molecule has 1 heterocycles. The normalized spacial score (nSPS) is 14.7. The van der Waals surface area contributed by atoms with Crippen molar-refractivity contribution in [2.24, 2.45) is 0 Å². The SMILES string of the molecule is COC(=O)c1nccc([C@@H](C)N[S@@](=O)C(C)(C)C)c1F. The van der Waals surface area contributed by atoms with Gasteiger partial charge in [0.25, 0.3) is 0 Å². The van der Waals surface area contributed by atoms with Crippen LogP contribution in [0.2, 0.25) is 0 Å². The van der Waals surface area contributed by atoms with Crippen molar-refractivity contribution < 1.29 is 18.1 Å². The van der Waals surface area contributed by atoms with E-state index in [0.717, 1.165) is 7.11 Å². The van der Waals surface area contributed by atoms with E-state index in [9.17, 15) is 13.4 Å². The number of esters is 1. The van der Waals surface area contributed by atoms with E-state index in [4.69, 9.17) is 0 Å². The summed E-state index contributed by atoms with van der Waals surface area (Å²) in [5, 5.41) is 0. The number of nitrogens with zero attached hydrogens (tertiary/aromatic N) is 1. The number of hydrogen-bond acceptors (Lipinski definition) is 4. The maximum absolute atomic E-state index is 14.2. The highest BCUT2D eigenvalue weighted by atomic mass is 32.2. The fraction of sp³-hybridized carbons (Fsp3) is 0.538. The molecule has 1 rings (SSSR count). The Labute approximate surface area is 120 Å². The first-order chi connectivity index (χ1) is 9.18. The van der Waals surface area contributed by atoms with Gasteiger partial charge in [-0.1, -0.05) is 0 Å². The molecule has 0 radical (unpaired) electrons. The predicted molar refractivity (Wildman–Crippen MR) is 75.0 cm³/mol. The van der Waals surface area contributed by atoms with Crippen molar-refractivity contribution in [2.75, 3.05) is 7.11 Å². The summed E-state index contributed by atoms with van der Waals surface area (Å²) in [6.07, 6.45) is 1.32. The van der Waals surface area contributed by atoms with Crippen molar-refractivity contribution in [1.29, 1.82) is 0 Å². The Kier molecular flexibility index (Phi) is 5.35. The first-order valence-electron chi connectivity index (χ1n) is 6.09. The first-order valence-corrected chi connectivity index (χ1v) is 7.24. The van der Waals surface area contributed by atoms with Crippen LogP contribution in [0.4, 0.5) is 4.39 Å². The van der Waals surface area contributed by atoms with E-state index >= 15 is 0 Å². The van der Waals surface area contributed by atoms with E-state index in [1.54, 1.807) is 6.92 Å². The highest BCUT2D eigenvalue weighted by Gasteiger charge is 2.25. The minimum absolute atomic E-state index is 0.220. The average molecular weight is 302 g/mol. The zero-order chi connectivity index (χ0) is 15.5. The second-order valence-corrected chi connectivity index (χ2v) is 7.27. The third-order valence-corrected chi connectivity index (χ3v) is 4.28. The largest absolute Gasteiger partial charge is 0.464 e. The van der Waals surface area contributed by atoms with Gasteiger partial charge in [0.1, 0.15) is 0 Å². The second kappa shape index (κ2) is 6.41. The summed E-state index contributed by atoms with van der Waals surface area (Å²) in [7, 11) is -0.189. The molecule has 0 aliphatic rings. The van der Waals surface area contributed by atoms with Crippen LogP contribution < -0.4 is 4.72 Å². The third kappa shape index (κ3) is 3.83. The molecular formula is C13H19FN2O3S. The van der Waals surface area contributed by atoms with E-state index in [2.05, 4.69) is 14.4 Å². The Morgan fingerprint density at radius 1 is 1.50 bits per heavy atom. The molecule has 7 heteroatoms. The van der Waals surface area contributed by atoms with Crippen molar-refractivity contribution in [1.82, 2.24) is 9.71 Å². The number of ether oxygens (including phenoxy) is 1. The Hall–Kier alpha value is -1.34. The number of halogens is 1. The van der Waals surface area contributed by atoms with Crippen LogP contribution in [0.25, 0.3) is 0 Å². The maximum Gasteiger partial charge on any atom is 0.359 e. The second-order valence-electron chi connectivity index (χ2n) is 5.27. The quantitative estimate of drug-likeness (QED) is 0.865. The molecule has 0 saturated carbocycles. The number of aromatic nitrogens is 1. The van der Waals surface area contributed by atoms with Gasteiger partial charge in [0.05, 0.1) is 22.8 Å². The zero-order valence-corrected chi connectivity index (χ0v) is 13.0. The lowest BCUT2D eigenvalue weighted by molar-refractivity contribution is 0.0588. The lowest BCUT2D eigenvalue weighted by atomic mass is 10.1. The van der Waals surface area contributed by atoms with Gasteiger partial charge >= 0.3 is 5.97 Å². The van der Waals surface area contributed by atoms with Crippen LogP contribution in [0, 0.1) is 5.82 Å². The van der Waals surface area contributed by atoms with E-state index in [1.165, 1.54) is 12.3 Å². The Morgan fingerprint density at radius 3 is 2.60 bits per heavy atom. The van der Waals surface area contributed by atoms with Gasteiger partial charge in [0.2, 0.25) is 0 Å². The molecule has 0 fully saturated rings. The van der Waals surface area contributed by atoms with Crippen LogP contribution in [-0.2, 0) is 15.7 Å². The van der Waals surface area contributed by atoms with Crippen LogP contribution in [0.1, 0.15) is 49.8 Å². The van der Waals surface area contributed by atoms with E-state index in [1.807, 2.05) is 20.8 Å². The van der Waals surface area contributed by atoms with Gasteiger partial charge in [-0.05, 0) is 33.8 Å². The number of carbonyl (C=O) groups excluding carboxylic acids is 1. The Bertz CT molecular complexity index is 529. The van der Waals surface area contributed by atoms with Crippen molar-refractivity contribution in [3.63, 3.8) is 0 Å². The van der Waals surface area contributed by atoms with Gasteiger partial charge in [0, 0.05) is 17.8 Å². The topological polar surface area (TPSA) is 68.3 Å². The van der Waals surface area contributed by atoms with Gasteiger partial charge < -0.3 is 4.74 Å². The van der Waals surface area contributed by atoms with Crippen LogP contribution in [0.15, 0.2) is 12.3 Å². The average Bonchev–Trinajstić information content (AvgIpc) is 2.36. The summed E-state index contributed by atoms with van der Waals surface area (Å²) in [6, 6.07) is 0.917. The third-order valence-electron chi connectivity index (χ3n) is 2.60. The molecule has 1 N–H and O–H groups in total. The van der Waals surface area contributed by atoms with E-state index in [0.29, 0.717) is 0 Å². The van der Waals surface area contributed by atoms with E-state index in [-0.39, 0.29) is 11.3 Å². The highest BCUT2D eigenvalue weighted by Crippen LogP contribution is 2.21. The summed E-state index contributed by atoms with van der Waals surface area (Å²) in [4.78, 5) is 15.1. The molecule has 1 aromatic rings. The standard InChI is InChI=1S/C13H19FN2O3S/c1-8(16-20(18)13(2,3)4)9-6-7-15-11(10(9)14)12(17)19-5/h6-8,16H,1-5H3/t8-,20+/m1/s1. The van der Waals surface area contributed by atoms with Crippen molar-refractivity contribution in [2.45, 2.75) is 38.5 Å². The van der Waals surface area contributed by atoms with Gasteiger partial charge in [-0.3, -0.25) is 0 Å². The Morgan fingerprint density at radius 2 is 2.10 bits per heavy atom. The smallest absolute Gasteiger partial charge is 0.359 e. The number of pyridine rings is 1. The van der Waals surface area contributed by atoms with Crippen LogP contribution >= 0.6 is 0 Å². The zero-order valence-electron chi connectivity index (χ0n) is 12.2. The molecule has 0 aliphatic carbocycles. The van der Waals surface area contributed by atoms with E-state index < -0.39 is 33.6 Å². The van der Waals surface area contributed by atoms with Crippen molar-refractivity contribution >= 4 is 17.0 Å². The lowest BCUT2D eigenvalue weighted by Crippen LogP contribution is -2.35. The van der Waals surface area contributed by atoms with Gasteiger partial charge in [-0.25, -0.2) is 23.1 Å². The first kappa shape index (κ1) is 16.7. The van der Waals surface area contributed by atoms with Crippen LogP contribution in [0.3, 0.4) is 0 Å². The monoisotopic (exact) mass is 302 g/mol. The maximum atomic E-state index is 14.2. The van der Waals surface area contributed by atoms with Crippen molar-refractivity contribution in [3.8, 4) is 0 Å². The molecule has 5 nitrogen and oxygen atoms in total. The number of carbonyl (C=O) groups is 1. The van der Waals surface area contributed by atoms with Gasteiger partial charge in [-0.15, -0.1) is 0 Å². The minimum atomic E-state index is -1.35. The number of methoxy groups -OCH3 is 1. The van der Waals surface area contributed by atoms with Gasteiger partial charge in [-0.2, -0.15) is 0 Å². The summed E-state index contributed by atoms with van der Waals surface area (Å²) in [5.74, 6) is -1.60. The molecule has 0 saturated heterocycles. The fourth-order valence-corrected chi connectivity index (χ4v) is 2.23. The number of hydrogen-bond donors (Lipinski definition) is 1. The number of nitrogens with one attached hydrogen (secondary N) is 1. The molecule has 1 aromatic heterocycles. The molecule has 0 aromatic carbocycles. The molecule has 0 bridgehead atoms. The summed E-state index contributed by atoms with van der Waals surface area (Å²) < 4.78 is 33.0. The van der Waals surface area contributed by atoms with Crippen LogP contribution in [0.5, 0.6) is 0 Å². The van der Waals surface area contributed by atoms with Crippen LogP contribution in [-0.4, -0.2) is 27.0 Å². The molecule has 112 valence electrons. The molecule has 0 aliphatic heterocycles. The predicted octanol–water partition coefficient (Wildman–Crippen LogP) is 2.12. The molecule has 0 unspecified atom stereocenters. The lowest BCUT2D eigenvalue weighted by Gasteiger charge is -2.22. The molecule has 0 spiro atoms. The molecule has 2 atom stereocenters. The summed E-state index contributed by atoms with van der Waals surface area (Å²) in [6.45, 7) is 7.10.